The van der Waals surface area contributed by atoms with Gasteiger partial charge in [0.2, 0.25) is 11.8 Å². The molecule has 0 bridgehead atoms. The van der Waals surface area contributed by atoms with Gasteiger partial charge >= 0.3 is 0 Å². The lowest BCUT2D eigenvalue weighted by Gasteiger charge is -2.03. The smallest absolute Gasteiger partial charge is 0.240 e. The van der Waals surface area contributed by atoms with Crippen LogP contribution < -0.4 is 10.7 Å². The molecule has 0 heterocycles. The highest BCUT2D eigenvalue weighted by Gasteiger charge is 2.03. The van der Waals surface area contributed by atoms with Crippen LogP contribution in [0.5, 0.6) is 0 Å². The van der Waals surface area contributed by atoms with Crippen LogP contribution in [0.2, 0.25) is 0 Å². The van der Waals surface area contributed by atoms with Crippen molar-refractivity contribution in [2.24, 2.45) is 5.10 Å². The first-order chi connectivity index (χ1) is 8.10. The van der Waals surface area contributed by atoms with E-state index in [0.29, 0.717) is 18.7 Å². The fourth-order valence-electron chi connectivity index (χ4n) is 1.15. The molecule has 98 valence electrons. The van der Waals surface area contributed by atoms with Crippen molar-refractivity contribution in [1.82, 2.24) is 10.7 Å². The average Bonchev–Trinajstić information content (AvgIpc) is 2.31. The summed E-state index contributed by atoms with van der Waals surface area (Å²) in [7, 11) is 0. The summed E-state index contributed by atoms with van der Waals surface area (Å²) in [6, 6.07) is 0. The lowest BCUT2D eigenvalue weighted by atomic mass is 10.2. The first kappa shape index (κ1) is 15.6. The number of hydrogen-bond donors (Lipinski definition) is 2. The molecular formula is C12H23N3O2. The van der Waals surface area contributed by atoms with Gasteiger partial charge in [0.25, 0.3) is 0 Å². The highest BCUT2D eigenvalue weighted by Crippen LogP contribution is 1.93. The summed E-state index contributed by atoms with van der Waals surface area (Å²) in [6.07, 6.45) is 3.46. The molecule has 0 aromatic carbocycles. The minimum absolute atomic E-state index is 0.0593. The Labute approximate surface area is 103 Å². The molecule has 0 saturated carbocycles. The van der Waals surface area contributed by atoms with Crippen LogP contribution in [0.15, 0.2) is 5.10 Å². The zero-order valence-corrected chi connectivity index (χ0v) is 11.0. The van der Waals surface area contributed by atoms with Crippen LogP contribution in [0.1, 0.15) is 52.9 Å². The number of rotatable bonds is 8. The van der Waals surface area contributed by atoms with Crippen molar-refractivity contribution in [1.29, 1.82) is 0 Å². The lowest BCUT2D eigenvalue weighted by molar-refractivity contribution is -0.121. The predicted molar refractivity (Wildman–Crippen MR) is 68.7 cm³/mol. The number of nitrogens with one attached hydrogen (secondary N) is 2. The molecule has 0 aromatic rings. The molecule has 2 amide bonds. The molecule has 0 fully saturated rings. The molecule has 5 heteroatoms. The molecule has 0 aliphatic carbocycles. The van der Waals surface area contributed by atoms with Gasteiger partial charge in [-0.2, -0.15) is 5.10 Å². The summed E-state index contributed by atoms with van der Waals surface area (Å²) in [5, 5.41) is 6.63. The monoisotopic (exact) mass is 241 g/mol. The van der Waals surface area contributed by atoms with E-state index < -0.39 is 0 Å². The van der Waals surface area contributed by atoms with E-state index in [1.807, 2.05) is 13.8 Å². The van der Waals surface area contributed by atoms with E-state index >= 15 is 0 Å². The first-order valence-corrected chi connectivity index (χ1v) is 6.18. The number of nitrogens with zero attached hydrogens (tertiary/aromatic N) is 1. The maximum Gasteiger partial charge on any atom is 0.240 e. The van der Waals surface area contributed by atoms with Gasteiger partial charge < -0.3 is 5.32 Å². The standard InChI is InChI=1S/C12H23N3O2/c1-4-6-7-11(16)15-14-10(3)9-12(17)13-8-5-2/h4-9H2,1-3H3,(H,13,17)(H,15,16)/b14-10+. The normalized spacial score (nSPS) is 11.1. The largest absolute Gasteiger partial charge is 0.356 e. The van der Waals surface area contributed by atoms with Gasteiger partial charge in [0.15, 0.2) is 0 Å². The molecule has 0 aliphatic heterocycles. The first-order valence-electron chi connectivity index (χ1n) is 6.18. The molecule has 0 aromatic heterocycles. The highest BCUT2D eigenvalue weighted by molar-refractivity contribution is 6.00. The Kier molecular flexibility index (Phi) is 9.01. The van der Waals surface area contributed by atoms with Crippen LogP contribution in [0.25, 0.3) is 0 Å². The van der Waals surface area contributed by atoms with Gasteiger partial charge in [0.1, 0.15) is 0 Å². The van der Waals surface area contributed by atoms with E-state index in [-0.39, 0.29) is 18.2 Å². The third-order valence-corrected chi connectivity index (χ3v) is 2.12. The number of amides is 2. The van der Waals surface area contributed by atoms with E-state index in [1.54, 1.807) is 6.92 Å². The second kappa shape index (κ2) is 9.81. The predicted octanol–water partition coefficient (Wildman–Crippen LogP) is 1.58. The Morgan fingerprint density at radius 2 is 1.82 bits per heavy atom. The molecule has 17 heavy (non-hydrogen) atoms. The van der Waals surface area contributed by atoms with Crippen LogP contribution >= 0.6 is 0 Å². The summed E-state index contributed by atoms with van der Waals surface area (Å²) in [5.74, 6) is -0.156. The summed E-state index contributed by atoms with van der Waals surface area (Å²) in [4.78, 5) is 22.6. The summed E-state index contributed by atoms with van der Waals surface area (Å²) < 4.78 is 0. The van der Waals surface area contributed by atoms with Crippen LogP contribution in [0.4, 0.5) is 0 Å². The van der Waals surface area contributed by atoms with Crippen LogP contribution in [0, 0.1) is 0 Å². The molecule has 0 radical (unpaired) electrons. The third kappa shape index (κ3) is 9.53. The number of hydrogen-bond acceptors (Lipinski definition) is 3. The van der Waals surface area contributed by atoms with E-state index in [2.05, 4.69) is 15.8 Å². The third-order valence-electron chi connectivity index (χ3n) is 2.12. The van der Waals surface area contributed by atoms with Crippen molar-refractivity contribution in [2.45, 2.75) is 52.9 Å². The van der Waals surface area contributed by atoms with Crippen molar-refractivity contribution < 1.29 is 9.59 Å². The minimum Gasteiger partial charge on any atom is -0.356 e. The van der Waals surface area contributed by atoms with Gasteiger partial charge in [-0.25, -0.2) is 5.43 Å². The topological polar surface area (TPSA) is 70.6 Å². The maximum absolute atomic E-state index is 11.3. The summed E-state index contributed by atoms with van der Waals surface area (Å²) >= 11 is 0. The number of carbonyl (C=O) groups excluding carboxylic acids is 2. The zero-order chi connectivity index (χ0) is 13.1. The molecule has 0 saturated heterocycles. The zero-order valence-electron chi connectivity index (χ0n) is 11.0. The summed E-state index contributed by atoms with van der Waals surface area (Å²) in [5.41, 5.74) is 3.06. The maximum atomic E-state index is 11.3. The number of carbonyl (C=O) groups is 2. The molecule has 0 aliphatic rings. The molecular weight excluding hydrogens is 218 g/mol. The van der Waals surface area contributed by atoms with Gasteiger partial charge in [0, 0.05) is 18.7 Å². The van der Waals surface area contributed by atoms with Gasteiger partial charge in [-0.3, -0.25) is 9.59 Å². The van der Waals surface area contributed by atoms with Crippen LogP contribution in [-0.4, -0.2) is 24.1 Å². The Hall–Kier alpha value is -1.39. The average molecular weight is 241 g/mol. The van der Waals surface area contributed by atoms with Crippen molar-refractivity contribution >= 4 is 17.5 Å². The minimum atomic E-state index is -0.0971. The van der Waals surface area contributed by atoms with Crippen molar-refractivity contribution in [3.05, 3.63) is 0 Å². The quantitative estimate of drug-likeness (QED) is 0.500. The van der Waals surface area contributed by atoms with Gasteiger partial charge in [-0.05, 0) is 19.8 Å². The number of hydrazone groups is 1. The van der Waals surface area contributed by atoms with Gasteiger partial charge in [-0.15, -0.1) is 0 Å². The Bertz CT molecular complexity index is 275. The fourth-order valence-corrected chi connectivity index (χ4v) is 1.15. The molecule has 0 rings (SSSR count). The highest BCUT2D eigenvalue weighted by atomic mass is 16.2. The molecule has 2 N–H and O–H groups in total. The summed E-state index contributed by atoms with van der Waals surface area (Å²) in [6.45, 7) is 6.43. The SMILES string of the molecule is CCCCC(=O)N/N=C(\C)CC(=O)NCCC. The number of unbranched alkanes of at least 4 members (excludes halogenated alkanes) is 1. The molecule has 5 nitrogen and oxygen atoms in total. The molecule has 0 unspecified atom stereocenters. The second-order valence-electron chi connectivity index (χ2n) is 4.01. The Morgan fingerprint density at radius 1 is 1.12 bits per heavy atom. The Balaban J connectivity index is 3.84. The van der Waals surface area contributed by atoms with E-state index in [0.717, 1.165) is 19.3 Å². The van der Waals surface area contributed by atoms with E-state index in [9.17, 15) is 9.59 Å². The van der Waals surface area contributed by atoms with Crippen molar-refractivity contribution in [3.8, 4) is 0 Å². The van der Waals surface area contributed by atoms with E-state index in [1.165, 1.54) is 0 Å². The van der Waals surface area contributed by atoms with Crippen LogP contribution in [-0.2, 0) is 9.59 Å². The van der Waals surface area contributed by atoms with E-state index in [4.69, 9.17) is 0 Å². The van der Waals surface area contributed by atoms with Gasteiger partial charge in [0.05, 0.1) is 6.42 Å². The fraction of sp³-hybridized carbons (Fsp3) is 0.750. The second-order valence-corrected chi connectivity index (χ2v) is 4.01. The van der Waals surface area contributed by atoms with Crippen molar-refractivity contribution in [2.75, 3.05) is 6.54 Å². The van der Waals surface area contributed by atoms with Gasteiger partial charge in [-0.1, -0.05) is 20.3 Å². The Morgan fingerprint density at radius 3 is 2.41 bits per heavy atom. The van der Waals surface area contributed by atoms with Crippen molar-refractivity contribution in [3.63, 3.8) is 0 Å². The molecule has 0 spiro atoms. The van der Waals surface area contributed by atoms with Crippen LogP contribution in [0.3, 0.4) is 0 Å². The molecule has 0 atom stereocenters. The lowest BCUT2D eigenvalue weighted by Crippen LogP contribution is -2.27.